The van der Waals surface area contributed by atoms with E-state index in [-0.39, 0.29) is 62.5 Å². The number of likely N-dealkylation sites (N-methyl/N-ethyl adjacent to an activating group) is 1. The normalized spacial score (nSPS) is 15.5. The van der Waals surface area contributed by atoms with E-state index in [0.29, 0.717) is 53.4 Å². The third-order valence-corrected chi connectivity index (χ3v) is 12.5. The number of amides is 3. The molecule has 3 atom stereocenters. The lowest BCUT2D eigenvalue weighted by Gasteiger charge is -2.35. The zero-order valence-electron chi connectivity index (χ0n) is 39.0. The number of aliphatic hydroxyl groups is 1. The van der Waals surface area contributed by atoms with Crippen molar-refractivity contribution in [3.8, 4) is 16.2 Å². The van der Waals surface area contributed by atoms with Crippen molar-refractivity contribution in [3.63, 3.8) is 0 Å². The number of hydrogen-bond acceptors (Lipinski definition) is 14. The number of rotatable bonds is 22. The van der Waals surface area contributed by atoms with Gasteiger partial charge in [-0.3, -0.25) is 19.2 Å². The van der Waals surface area contributed by atoms with Crippen LogP contribution in [0.4, 0.5) is 15.9 Å². The summed E-state index contributed by atoms with van der Waals surface area (Å²) < 4.78 is 30.9. The van der Waals surface area contributed by atoms with Crippen LogP contribution in [-0.4, -0.2) is 132 Å². The van der Waals surface area contributed by atoms with Gasteiger partial charge >= 0.3 is 0 Å². The van der Waals surface area contributed by atoms with Crippen LogP contribution in [0.5, 0.6) is 5.75 Å². The summed E-state index contributed by atoms with van der Waals surface area (Å²) in [4.78, 5) is 70.8. The van der Waals surface area contributed by atoms with Crippen LogP contribution in [-0.2, 0) is 41.6 Å². The number of nitrogens with zero attached hydrogens (tertiary/aromatic N) is 5. The fraction of sp³-hybridized carbons (Fsp3) is 0.408. The Bertz CT molecular complexity index is 2590. The lowest BCUT2D eigenvalue weighted by Crippen LogP contribution is -2.58. The zero-order valence-corrected chi connectivity index (χ0v) is 40.6. The molecule has 68 heavy (non-hydrogen) atoms. The molecule has 6 rings (SSSR count). The number of allylic oxidation sites excluding steroid dienone is 1. The third-order valence-electron chi connectivity index (χ3n) is 11.2. The summed E-state index contributed by atoms with van der Waals surface area (Å²) in [5, 5.41) is 20.0. The Kier molecular flexibility index (Phi) is 18.1. The summed E-state index contributed by atoms with van der Waals surface area (Å²) >= 11 is 7.40. The minimum atomic E-state index is -0.985. The van der Waals surface area contributed by atoms with E-state index in [1.165, 1.54) is 36.5 Å². The van der Waals surface area contributed by atoms with Crippen LogP contribution < -0.4 is 20.7 Å². The Morgan fingerprint density at radius 3 is 2.51 bits per heavy atom. The summed E-state index contributed by atoms with van der Waals surface area (Å²) in [7, 11) is 3.41. The molecule has 1 saturated heterocycles. The van der Waals surface area contributed by atoms with Crippen molar-refractivity contribution in [1.82, 2.24) is 35.4 Å². The second-order valence-electron chi connectivity index (χ2n) is 17.6. The van der Waals surface area contributed by atoms with Gasteiger partial charge in [0.1, 0.15) is 42.4 Å². The Morgan fingerprint density at radius 2 is 1.81 bits per heavy atom. The van der Waals surface area contributed by atoms with Gasteiger partial charge in [-0.05, 0) is 60.9 Å². The number of β-amino-alcohol motifs (C(OH)–C–C–N with tert-alkyl or cyclic N) is 1. The number of methoxy groups -OCH3 is 1. The third kappa shape index (κ3) is 14.1. The van der Waals surface area contributed by atoms with Gasteiger partial charge in [0.15, 0.2) is 5.78 Å². The molecule has 4 N–H and O–H groups in total. The maximum atomic E-state index is 14.1. The first-order valence-electron chi connectivity index (χ1n) is 22.1. The first-order chi connectivity index (χ1) is 32.5. The zero-order chi connectivity index (χ0) is 49.0. The highest BCUT2D eigenvalue weighted by Crippen LogP contribution is 2.32. The second kappa shape index (κ2) is 23.9. The SMILES string of the molecule is COc1cc2ncnc(Nc3ccc(Cl)c(F)c3)c2cc1CC(=O)/C=C/CN(C)CCOCCOCC(=O)N[C@H](C(=O)N1C[C@H](O)C[C@H]1C(=O)NCc1ccc(-c2scnc2C)cc1)C(C)(C)C. The van der Waals surface area contributed by atoms with E-state index in [2.05, 4.69) is 30.9 Å². The molecule has 5 aromatic rings. The summed E-state index contributed by atoms with van der Waals surface area (Å²) in [5.41, 5.74) is 5.63. The van der Waals surface area contributed by atoms with E-state index < -0.39 is 41.2 Å². The molecule has 0 bridgehead atoms. The number of carbonyl (C=O) groups excluding carboxylic acids is 4. The van der Waals surface area contributed by atoms with Gasteiger partial charge in [0.05, 0.1) is 59.7 Å². The fourth-order valence-electron chi connectivity index (χ4n) is 7.56. The number of likely N-dealkylation sites (tertiary alicyclic amines) is 1. The Balaban J connectivity index is 0.892. The molecule has 19 heteroatoms. The molecule has 1 fully saturated rings. The minimum Gasteiger partial charge on any atom is -0.496 e. The molecule has 0 unspecified atom stereocenters. The van der Waals surface area contributed by atoms with Crippen LogP contribution in [0.15, 0.2) is 78.6 Å². The Labute approximate surface area is 404 Å². The molecule has 16 nitrogen and oxygen atoms in total. The van der Waals surface area contributed by atoms with Gasteiger partial charge in [-0.25, -0.2) is 19.3 Å². The van der Waals surface area contributed by atoms with Crippen LogP contribution >= 0.6 is 22.9 Å². The summed E-state index contributed by atoms with van der Waals surface area (Å²) in [6.45, 7) is 9.10. The molecular weight excluding hydrogens is 915 g/mol. The number of halogens is 2. The second-order valence-corrected chi connectivity index (χ2v) is 18.8. The van der Waals surface area contributed by atoms with Crippen LogP contribution in [0.3, 0.4) is 0 Å². The van der Waals surface area contributed by atoms with Crippen molar-refractivity contribution in [2.45, 2.75) is 65.3 Å². The lowest BCUT2D eigenvalue weighted by molar-refractivity contribution is -0.144. The lowest BCUT2D eigenvalue weighted by atomic mass is 9.85. The monoisotopic (exact) mass is 972 g/mol. The van der Waals surface area contributed by atoms with Crippen molar-refractivity contribution in [1.29, 1.82) is 0 Å². The number of hydrogen-bond donors (Lipinski definition) is 4. The highest BCUT2D eigenvalue weighted by Gasteiger charge is 2.44. The largest absolute Gasteiger partial charge is 0.496 e. The van der Waals surface area contributed by atoms with Gasteiger partial charge in [-0.15, -0.1) is 11.3 Å². The van der Waals surface area contributed by atoms with Crippen molar-refractivity contribution in [3.05, 3.63) is 106 Å². The number of aliphatic hydroxyl groups excluding tert-OH is 1. The van der Waals surface area contributed by atoms with Crippen LogP contribution in [0.25, 0.3) is 21.3 Å². The van der Waals surface area contributed by atoms with Crippen LogP contribution in [0.2, 0.25) is 5.02 Å². The Morgan fingerprint density at radius 1 is 1.04 bits per heavy atom. The number of carbonyl (C=O) groups is 4. The van der Waals surface area contributed by atoms with E-state index in [4.69, 9.17) is 25.8 Å². The smallest absolute Gasteiger partial charge is 0.246 e. The van der Waals surface area contributed by atoms with Crippen molar-refractivity contribution in [2.75, 3.05) is 65.5 Å². The fourth-order valence-corrected chi connectivity index (χ4v) is 8.49. The molecule has 3 heterocycles. The first kappa shape index (κ1) is 51.5. The number of nitrogens with one attached hydrogen (secondary N) is 3. The summed E-state index contributed by atoms with van der Waals surface area (Å²) in [6, 6.07) is 13.8. The number of aromatic nitrogens is 3. The summed E-state index contributed by atoms with van der Waals surface area (Å²) in [5.74, 6) is -1.13. The average molecular weight is 974 g/mol. The summed E-state index contributed by atoms with van der Waals surface area (Å²) in [6.07, 6.45) is 3.93. The van der Waals surface area contributed by atoms with Gasteiger partial charge in [0, 0.05) is 61.7 Å². The van der Waals surface area contributed by atoms with E-state index in [0.717, 1.165) is 21.7 Å². The highest BCUT2D eigenvalue weighted by atomic mass is 35.5. The number of anilines is 2. The molecular formula is C49H58ClFN8O8S. The minimum absolute atomic E-state index is 0.00483. The molecule has 0 radical (unpaired) electrons. The predicted octanol–water partition coefficient (Wildman–Crippen LogP) is 6.05. The molecule has 3 aromatic carbocycles. The maximum Gasteiger partial charge on any atom is 0.246 e. The van der Waals surface area contributed by atoms with Gasteiger partial charge in [0.2, 0.25) is 17.7 Å². The van der Waals surface area contributed by atoms with E-state index in [9.17, 15) is 28.7 Å². The number of ketones is 1. The van der Waals surface area contributed by atoms with Gasteiger partial charge in [-0.1, -0.05) is 62.7 Å². The number of benzene rings is 3. The quantitative estimate of drug-likeness (QED) is 0.0463. The molecule has 3 amide bonds. The van der Waals surface area contributed by atoms with Gasteiger partial charge < -0.3 is 45.1 Å². The molecule has 0 aliphatic carbocycles. The van der Waals surface area contributed by atoms with Crippen molar-refractivity contribution >= 4 is 68.9 Å². The topological polar surface area (TPSA) is 197 Å². The number of fused-ring (bicyclic) bond motifs is 1. The van der Waals surface area contributed by atoms with Gasteiger partial charge in [-0.2, -0.15) is 0 Å². The Hall–Kier alpha value is -5.89. The van der Waals surface area contributed by atoms with Crippen LogP contribution in [0, 0.1) is 18.2 Å². The van der Waals surface area contributed by atoms with Crippen molar-refractivity contribution in [2.24, 2.45) is 5.41 Å². The molecule has 2 aromatic heterocycles. The average Bonchev–Trinajstić information content (AvgIpc) is 3.92. The molecule has 0 spiro atoms. The van der Waals surface area contributed by atoms with Gasteiger partial charge in [0.25, 0.3) is 0 Å². The number of aryl methyl sites for hydroxylation is 1. The molecule has 1 aliphatic rings. The maximum absolute atomic E-state index is 14.1. The highest BCUT2D eigenvalue weighted by molar-refractivity contribution is 7.13. The molecule has 0 saturated carbocycles. The molecule has 362 valence electrons. The predicted molar refractivity (Wildman–Crippen MR) is 259 cm³/mol. The van der Waals surface area contributed by atoms with E-state index in [1.807, 2.05) is 63.9 Å². The number of thiazole rings is 1. The van der Waals surface area contributed by atoms with Crippen molar-refractivity contribution < 1.29 is 42.9 Å². The molecule has 1 aliphatic heterocycles. The van der Waals surface area contributed by atoms with E-state index >= 15 is 0 Å². The number of ether oxygens (including phenoxy) is 3. The first-order valence-corrected chi connectivity index (χ1v) is 23.4. The van der Waals surface area contributed by atoms with E-state index in [1.54, 1.807) is 41.1 Å². The standard InChI is InChI=1S/C49H58ClFN8O8S/c1-30-44(68-29-55-30)32-11-9-31(10-12-32)25-52-47(63)41-23-36(61)26-59(41)48(64)45(49(2,3)4)57-43(62)27-67-19-18-66-17-16-58(5)15-7-8-35(60)20-33-21-37-40(24-42(33)65-6)53-28-54-46(37)56-34-13-14-38(50)39(51)22-34/h7-14,21-22,24,28-29,36,41,45,61H,15-20,23,25-27H2,1-6H3,(H,52,63)(H,57,62)(H,53,54,56)/b8-7+/t36-,41+,45-/m1/s1. The van der Waals surface area contributed by atoms with Crippen LogP contribution in [0.1, 0.15) is 44.0 Å².